The molecule has 428 valence electrons. The van der Waals surface area contributed by atoms with Crippen molar-refractivity contribution in [2.45, 2.75) is 148 Å². The maximum Gasteiger partial charge on any atom is 0.341 e. The summed E-state index contributed by atoms with van der Waals surface area (Å²) in [4.78, 5) is 14.3. The first kappa shape index (κ1) is 64.8. The van der Waals surface area contributed by atoms with E-state index in [2.05, 4.69) is 101 Å². The van der Waals surface area contributed by atoms with Crippen LogP contribution in [0.25, 0.3) is 0 Å². The molecule has 77 heavy (non-hydrogen) atoms. The van der Waals surface area contributed by atoms with Crippen molar-refractivity contribution < 1.29 is 56.0 Å². The summed E-state index contributed by atoms with van der Waals surface area (Å²) in [5.74, 6) is 2.39. The van der Waals surface area contributed by atoms with E-state index >= 15 is 0 Å². The van der Waals surface area contributed by atoms with Crippen molar-refractivity contribution in [1.82, 2.24) is 0 Å². The second kappa shape index (κ2) is 31.8. The number of allylic oxidation sites excluding steroid dienone is 2. The Balaban J connectivity index is 1.55. The van der Waals surface area contributed by atoms with Gasteiger partial charge in [0, 0.05) is 50.1 Å². The SMILES string of the molecule is CCOC(C)OCC[C@@H]1C[C@H]([C@H](C)/C=C/C=C(\C)[C@H](C[C@H](OC(=O)CP(=O)(OCC)OCC)[C@H](C)[C@@H](OC)/C(C)=C/COCc2ccc(OC)cc2)O[Si](c2ccccc2)(c2ccccc2)C(C)(C)C)OC2(C1)SCCS2. The molecule has 0 aromatic heterocycles. The van der Waals surface area contributed by atoms with Gasteiger partial charge in [-0.05, 0) is 111 Å². The minimum absolute atomic E-state index is 0.0226. The van der Waals surface area contributed by atoms with E-state index in [0.29, 0.717) is 32.3 Å². The number of hydrogen-bond donors (Lipinski definition) is 0. The predicted molar refractivity (Wildman–Crippen MR) is 318 cm³/mol. The average molecular weight is 1140 g/mol. The molecule has 2 saturated heterocycles. The predicted octanol–water partition coefficient (Wildman–Crippen LogP) is 13.2. The number of esters is 1. The van der Waals surface area contributed by atoms with E-state index in [9.17, 15) is 9.36 Å². The molecule has 12 nitrogen and oxygen atoms in total. The van der Waals surface area contributed by atoms with Crippen LogP contribution in [0.4, 0.5) is 0 Å². The molecule has 5 rings (SSSR count). The monoisotopic (exact) mass is 1140 g/mol. The number of thioether (sulfide) groups is 2. The highest BCUT2D eigenvalue weighted by Gasteiger charge is 2.52. The number of carbonyl (C=O) groups excluding carboxylic acids is 1. The second-order valence-electron chi connectivity index (χ2n) is 21.1. The Labute approximate surface area is 472 Å². The zero-order valence-corrected chi connectivity index (χ0v) is 51.9. The summed E-state index contributed by atoms with van der Waals surface area (Å²) >= 11 is 3.89. The molecule has 8 atom stereocenters. The molecule has 3 aromatic carbocycles. The number of methoxy groups -OCH3 is 2. The molecule has 16 heteroatoms. The summed E-state index contributed by atoms with van der Waals surface area (Å²) in [5.41, 5.74) is 2.89. The van der Waals surface area contributed by atoms with Crippen LogP contribution in [-0.2, 0) is 57.9 Å². The Morgan fingerprint density at radius 1 is 0.857 bits per heavy atom. The van der Waals surface area contributed by atoms with Crippen LogP contribution in [0.2, 0.25) is 5.04 Å². The van der Waals surface area contributed by atoms with Gasteiger partial charge in [0.1, 0.15) is 18.0 Å². The summed E-state index contributed by atoms with van der Waals surface area (Å²) in [5, 5.41) is 1.88. The molecule has 1 spiro atoms. The van der Waals surface area contributed by atoms with Gasteiger partial charge in [-0.15, -0.1) is 23.5 Å². The number of carbonyl (C=O) groups is 1. The lowest BCUT2D eigenvalue weighted by molar-refractivity contribution is -0.152. The molecule has 1 unspecified atom stereocenters. The molecule has 0 aliphatic carbocycles. The molecular weight excluding hydrogens is 1050 g/mol. The number of benzene rings is 3. The third kappa shape index (κ3) is 19.0. The third-order valence-corrected chi connectivity index (χ3v) is 24.6. The molecule has 2 aliphatic rings. The van der Waals surface area contributed by atoms with Gasteiger partial charge in [-0.3, -0.25) is 9.36 Å². The lowest BCUT2D eigenvalue weighted by Gasteiger charge is -2.46. The van der Waals surface area contributed by atoms with Crippen LogP contribution in [0.5, 0.6) is 5.75 Å². The molecule has 2 aliphatic heterocycles. The minimum Gasteiger partial charge on any atom is -0.497 e. The standard InChI is InChI=1S/C61H91O12PS2Si/c1-14-67-49(8)68-37-35-51-40-55(72-61(42-51)75-38-39-76-61)45(4)24-23-25-46(5)56(73-77(60(9,10)11,53-26-19-17-20-27-53)54-28-21-18-22-29-54)41-57(71-58(62)44-74(63,69-15-2)70-16-3)48(7)59(65-13)47(6)34-36-66-43-50-30-32-52(64-12)33-31-50/h17-34,45,48-49,51,55-57,59H,14-16,35-44H2,1-13H3/b24-23+,46-25+,47-34+/t45-,48+,49?,51-,55-,56+,57+,59+/m1/s1. The minimum atomic E-state index is -3.82. The van der Waals surface area contributed by atoms with Crippen molar-refractivity contribution >= 4 is 55.8 Å². The van der Waals surface area contributed by atoms with Gasteiger partial charge in [-0.25, -0.2) is 0 Å². The first-order valence-electron chi connectivity index (χ1n) is 27.7. The zero-order valence-electron chi connectivity index (χ0n) is 48.4. The van der Waals surface area contributed by atoms with E-state index in [1.54, 1.807) is 28.1 Å². The lowest BCUT2D eigenvalue weighted by atomic mass is 9.87. The van der Waals surface area contributed by atoms with Crippen LogP contribution in [-0.4, -0.2) is 114 Å². The summed E-state index contributed by atoms with van der Waals surface area (Å²) in [6.45, 7) is 24.8. The average Bonchev–Trinajstić information content (AvgIpc) is 3.86. The summed E-state index contributed by atoms with van der Waals surface area (Å²) in [7, 11) is -3.73. The molecule has 2 fully saturated rings. The summed E-state index contributed by atoms with van der Waals surface area (Å²) < 4.78 is 76.0. The summed E-state index contributed by atoms with van der Waals surface area (Å²) in [6.07, 6.45) is 9.09. The lowest BCUT2D eigenvalue weighted by Crippen LogP contribution is -2.68. The van der Waals surface area contributed by atoms with Crippen molar-refractivity contribution in [3.05, 3.63) is 126 Å². The van der Waals surface area contributed by atoms with Gasteiger partial charge in [-0.1, -0.05) is 132 Å². The Morgan fingerprint density at radius 2 is 1.48 bits per heavy atom. The van der Waals surface area contributed by atoms with E-state index in [0.717, 1.165) is 63.6 Å². The van der Waals surface area contributed by atoms with Gasteiger partial charge in [0.25, 0.3) is 8.32 Å². The first-order chi connectivity index (χ1) is 36.8. The maximum absolute atomic E-state index is 14.3. The van der Waals surface area contributed by atoms with Crippen molar-refractivity contribution in [2.75, 3.05) is 64.9 Å². The fourth-order valence-corrected chi connectivity index (χ4v) is 19.8. The second-order valence-corrected chi connectivity index (χ2v) is 30.4. The van der Waals surface area contributed by atoms with Crippen LogP contribution in [0, 0.1) is 17.8 Å². The van der Waals surface area contributed by atoms with Gasteiger partial charge < -0.3 is 46.6 Å². The largest absolute Gasteiger partial charge is 0.497 e. The van der Waals surface area contributed by atoms with E-state index in [1.807, 2.05) is 93.7 Å². The van der Waals surface area contributed by atoms with E-state index in [-0.39, 0.29) is 47.2 Å². The zero-order chi connectivity index (χ0) is 56.1. The van der Waals surface area contributed by atoms with Crippen molar-refractivity contribution in [2.24, 2.45) is 17.8 Å². The topological polar surface area (TPSA) is 126 Å². The Morgan fingerprint density at radius 3 is 2.04 bits per heavy atom. The third-order valence-electron chi connectivity index (χ3n) is 14.5. The molecule has 0 amide bonds. The molecule has 3 aromatic rings. The molecule has 0 radical (unpaired) electrons. The first-order valence-corrected chi connectivity index (χ1v) is 33.3. The number of hydrogen-bond acceptors (Lipinski definition) is 14. The highest BCUT2D eigenvalue weighted by molar-refractivity contribution is 8.21. The van der Waals surface area contributed by atoms with E-state index < -0.39 is 52.3 Å². The Hall–Kier alpha value is -3.02. The quantitative estimate of drug-likeness (QED) is 0.0112. The van der Waals surface area contributed by atoms with E-state index in [4.69, 9.17) is 46.6 Å². The van der Waals surface area contributed by atoms with Crippen LogP contribution in [0.1, 0.15) is 107 Å². The van der Waals surface area contributed by atoms with Gasteiger partial charge in [0.2, 0.25) is 0 Å². The number of rotatable bonds is 32. The molecular formula is C61H91O12PS2Si. The van der Waals surface area contributed by atoms with Crippen LogP contribution >= 0.6 is 31.1 Å². The Kier molecular flexibility index (Phi) is 26.8. The fraction of sp³-hybridized carbons (Fsp3) is 0.590. The van der Waals surface area contributed by atoms with Crippen molar-refractivity contribution in [3.8, 4) is 5.75 Å². The number of ether oxygens (including phenoxy) is 7. The smallest absolute Gasteiger partial charge is 0.341 e. The normalized spacial score (nSPS) is 20.0. The van der Waals surface area contributed by atoms with Gasteiger partial charge in [0.05, 0.1) is 51.8 Å². The van der Waals surface area contributed by atoms with Gasteiger partial charge in [0.15, 0.2) is 10.6 Å². The molecule has 0 saturated carbocycles. The van der Waals surface area contributed by atoms with Crippen LogP contribution < -0.4 is 15.1 Å². The summed E-state index contributed by atoms with van der Waals surface area (Å²) in [6, 6.07) is 28.9. The van der Waals surface area contributed by atoms with Crippen LogP contribution in [0.3, 0.4) is 0 Å². The van der Waals surface area contributed by atoms with Crippen LogP contribution in [0.15, 0.2) is 120 Å². The Bertz CT molecular complexity index is 2290. The van der Waals surface area contributed by atoms with Gasteiger partial charge in [-0.2, -0.15) is 0 Å². The molecule has 0 N–H and O–H groups in total. The van der Waals surface area contributed by atoms with Crippen molar-refractivity contribution in [3.63, 3.8) is 0 Å². The highest BCUT2D eigenvalue weighted by atomic mass is 32.2. The van der Waals surface area contributed by atoms with E-state index in [1.165, 1.54) is 0 Å². The maximum atomic E-state index is 14.3. The molecule has 0 bridgehead atoms. The van der Waals surface area contributed by atoms with Gasteiger partial charge >= 0.3 is 13.6 Å². The molecule has 2 heterocycles. The fourth-order valence-electron chi connectivity index (χ4n) is 10.5. The highest BCUT2D eigenvalue weighted by Crippen LogP contribution is 2.54. The van der Waals surface area contributed by atoms with Crippen molar-refractivity contribution in [1.29, 1.82) is 0 Å².